The van der Waals surface area contributed by atoms with E-state index in [2.05, 4.69) is 18.0 Å². The van der Waals surface area contributed by atoms with Gasteiger partial charge in [-0.2, -0.15) is 0 Å². The van der Waals surface area contributed by atoms with Crippen molar-refractivity contribution in [1.29, 1.82) is 0 Å². The normalized spacial score (nSPS) is 18.4. The summed E-state index contributed by atoms with van der Waals surface area (Å²) in [7, 11) is -2.97. The number of carbonyl (C=O) groups excluding carboxylic acids is 1. The summed E-state index contributed by atoms with van der Waals surface area (Å²) in [4.78, 5) is 17.6. The molecule has 1 aliphatic heterocycles. The Bertz CT molecular complexity index is 1210. The highest BCUT2D eigenvalue weighted by molar-refractivity contribution is 7.99. The van der Waals surface area contributed by atoms with E-state index in [1.54, 1.807) is 0 Å². The quantitative estimate of drug-likeness (QED) is 0.448. The van der Waals surface area contributed by atoms with E-state index in [0.29, 0.717) is 17.7 Å². The number of hydrogen-bond donors (Lipinski definition) is 0. The fourth-order valence-electron chi connectivity index (χ4n) is 4.21. The van der Waals surface area contributed by atoms with Crippen molar-refractivity contribution in [3.8, 4) is 0 Å². The van der Waals surface area contributed by atoms with E-state index in [-0.39, 0.29) is 23.3 Å². The molecule has 0 aliphatic carbocycles. The number of pyridine rings is 1. The molecular formula is C22H24N2O3S2. The predicted octanol–water partition coefficient (Wildman–Crippen LogP) is 4.30. The average Bonchev–Trinajstić information content (AvgIpc) is 3.17. The van der Waals surface area contributed by atoms with Crippen LogP contribution in [-0.4, -0.2) is 41.0 Å². The van der Waals surface area contributed by atoms with E-state index in [1.807, 2.05) is 48.7 Å². The first-order valence-electron chi connectivity index (χ1n) is 9.66. The Balaban J connectivity index is 1.53. The minimum Gasteiger partial charge on any atom is -0.344 e. The van der Waals surface area contributed by atoms with Gasteiger partial charge in [-0.15, -0.1) is 0 Å². The Morgan fingerprint density at radius 2 is 1.97 bits per heavy atom. The van der Waals surface area contributed by atoms with Crippen LogP contribution in [0, 0.1) is 20.8 Å². The lowest BCUT2D eigenvalue weighted by Crippen LogP contribution is -2.14. The maximum atomic E-state index is 12.9. The van der Waals surface area contributed by atoms with E-state index < -0.39 is 9.84 Å². The van der Waals surface area contributed by atoms with Crippen LogP contribution in [0.4, 0.5) is 0 Å². The third-order valence-electron chi connectivity index (χ3n) is 5.61. The number of nitrogens with zero attached hydrogens (tertiary/aromatic N) is 2. The minimum absolute atomic E-state index is 0.0443. The number of fused-ring (bicyclic) bond motifs is 1. The Labute approximate surface area is 175 Å². The Kier molecular flexibility index (Phi) is 5.29. The molecule has 29 heavy (non-hydrogen) atoms. The molecule has 7 heteroatoms. The summed E-state index contributed by atoms with van der Waals surface area (Å²) < 4.78 is 25.8. The molecule has 3 heterocycles. The molecule has 152 valence electrons. The van der Waals surface area contributed by atoms with Crippen LogP contribution in [0.25, 0.3) is 10.9 Å². The number of para-hydroxylation sites is 1. The molecule has 1 aliphatic rings. The van der Waals surface area contributed by atoms with Crippen molar-refractivity contribution in [2.75, 3.05) is 17.3 Å². The molecule has 5 nitrogen and oxygen atoms in total. The lowest BCUT2D eigenvalue weighted by atomic mass is 10.1. The molecule has 1 unspecified atom stereocenters. The lowest BCUT2D eigenvalue weighted by molar-refractivity contribution is 0.102. The highest BCUT2D eigenvalue weighted by Gasteiger charge is 2.31. The summed E-state index contributed by atoms with van der Waals surface area (Å²) in [5.41, 5.74) is 4.56. The zero-order chi connectivity index (χ0) is 20.8. The third kappa shape index (κ3) is 3.98. The fourth-order valence-corrected chi connectivity index (χ4v) is 6.77. The van der Waals surface area contributed by atoms with Gasteiger partial charge in [-0.1, -0.05) is 30.0 Å². The maximum Gasteiger partial charge on any atom is 0.174 e. The van der Waals surface area contributed by atoms with Gasteiger partial charge in [0.25, 0.3) is 0 Å². The van der Waals surface area contributed by atoms with Gasteiger partial charge in [0.15, 0.2) is 15.6 Å². The first kappa shape index (κ1) is 20.2. The average molecular weight is 429 g/mol. The number of carbonyl (C=O) groups is 1. The summed E-state index contributed by atoms with van der Waals surface area (Å²) >= 11 is 1.44. The van der Waals surface area contributed by atoms with Crippen LogP contribution in [0.3, 0.4) is 0 Å². The molecule has 0 saturated carbocycles. The van der Waals surface area contributed by atoms with Crippen molar-refractivity contribution >= 4 is 38.3 Å². The second-order valence-corrected chi connectivity index (χ2v) is 10.9. The molecular weight excluding hydrogens is 404 g/mol. The number of aryl methyl sites for hydroxylation is 2. The molecule has 1 atom stereocenters. The molecule has 1 saturated heterocycles. The second-order valence-electron chi connectivity index (χ2n) is 7.72. The van der Waals surface area contributed by atoms with Crippen molar-refractivity contribution in [1.82, 2.24) is 9.55 Å². The molecule has 0 radical (unpaired) electrons. The van der Waals surface area contributed by atoms with Gasteiger partial charge in [-0.25, -0.2) is 13.4 Å². The van der Waals surface area contributed by atoms with E-state index >= 15 is 0 Å². The van der Waals surface area contributed by atoms with Gasteiger partial charge in [-0.05, 0) is 51.0 Å². The number of sulfone groups is 1. The van der Waals surface area contributed by atoms with E-state index in [1.165, 1.54) is 11.8 Å². The first-order chi connectivity index (χ1) is 13.7. The van der Waals surface area contributed by atoms with Crippen molar-refractivity contribution in [3.63, 3.8) is 0 Å². The zero-order valence-corrected chi connectivity index (χ0v) is 18.4. The van der Waals surface area contributed by atoms with Gasteiger partial charge in [-0.3, -0.25) is 4.79 Å². The standard InChI is InChI=1S/C22H24N2O3S2/c1-14-10-22(23-20-7-5-4-6-18(14)20)28-12-21(25)19-11-15(2)24(16(19)3)17-8-9-29(26,27)13-17/h4-7,10-11,17H,8-9,12-13H2,1-3H3. The fraction of sp³-hybridized carbons (Fsp3) is 0.364. The van der Waals surface area contributed by atoms with Crippen LogP contribution in [0.15, 0.2) is 41.4 Å². The largest absolute Gasteiger partial charge is 0.344 e. The van der Waals surface area contributed by atoms with Crippen molar-refractivity contribution in [2.24, 2.45) is 0 Å². The van der Waals surface area contributed by atoms with Gasteiger partial charge in [0.1, 0.15) is 0 Å². The first-order valence-corrected chi connectivity index (χ1v) is 12.5. The van der Waals surface area contributed by atoms with Crippen LogP contribution < -0.4 is 0 Å². The molecule has 4 rings (SSSR count). The van der Waals surface area contributed by atoms with Crippen LogP contribution in [0.1, 0.15) is 39.8 Å². The predicted molar refractivity (Wildman–Crippen MR) is 118 cm³/mol. The SMILES string of the molecule is Cc1cc(SCC(=O)c2cc(C)n(C3CCS(=O)(=O)C3)c2C)nc2ccccc12. The topological polar surface area (TPSA) is 69.0 Å². The van der Waals surface area contributed by atoms with E-state index in [9.17, 15) is 13.2 Å². The Morgan fingerprint density at radius 3 is 2.69 bits per heavy atom. The van der Waals surface area contributed by atoms with Crippen LogP contribution in [0.5, 0.6) is 0 Å². The minimum atomic E-state index is -2.97. The number of Topliss-reactive ketones (excluding diaryl/α,β-unsaturated/α-hetero) is 1. The van der Waals surface area contributed by atoms with E-state index in [0.717, 1.165) is 32.9 Å². The number of ketones is 1. The molecule has 1 fully saturated rings. The molecule has 0 bridgehead atoms. The molecule has 3 aromatic rings. The van der Waals surface area contributed by atoms with E-state index in [4.69, 9.17) is 0 Å². The molecule has 0 N–H and O–H groups in total. The van der Waals surface area contributed by atoms with Gasteiger partial charge in [0, 0.05) is 28.4 Å². The van der Waals surface area contributed by atoms with Crippen LogP contribution in [-0.2, 0) is 9.84 Å². The summed E-state index contributed by atoms with van der Waals surface area (Å²) in [6.07, 6.45) is 0.612. The highest BCUT2D eigenvalue weighted by Crippen LogP contribution is 2.30. The van der Waals surface area contributed by atoms with Gasteiger partial charge in [0.2, 0.25) is 0 Å². The number of rotatable bonds is 5. The number of hydrogen-bond acceptors (Lipinski definition) is 5. The lowest BCUT2D eigenvalue weighted by Gasteiger charge is -2.16. The number of thioether (sulfide) groups is 1. The van der Waals surface area contributed by atoms with Gasteiger partial charge < -0.3 is 4.57 Å². The Morgan fingerprint density at radius 1 is 1.21 bits per heavy atom. The monoisotopic (exact) mass is 428 g/mol. The molecule has 1 aromatic carbocycles. The Hall–Kier alpha value is -2.12. The van der Waals surface area contributed by atoms with Crippen molar-refractivity contribution in [2.45, 2.75) is 38.3 Å². The highest BCUT2D eigenvalue weighted by atomic mass is 32.2. The van der Waals surface area contributed by atoms with Gasteiger partial charge in [0.05, 0.1) is 27.8 Å². The molecule has 0 spiro atoms. The van der Waals surface area contributed by atoms with Crippen LogP contribution >= 0.6 is 11.8 Å². The second kappa shape index (κ2) is 7.61. The third-order valence-corrected chi connectivity index (χ3v) is 8.27. The number of benzene rings is 1. The van der Waals surface area contributed by atoms with Gasteiger partial charge >= 0.3 is 0 Å². The molecule has 2 aromatic heterocycles. The smallest absolute Gasteiger partial charge is 0.174 e. The summed E-state index contributed by atoms with van der Waals surface area (Å²) in [6, 6.07) is 11.8. The summed E-state index contributed by atoms with van der Waals surface area (Å²) in [5, 5.41) is 1.96. The number of aromatic nitrogens is 2. The van der Waals surface area contributed by atoms with Crippen LogP contribution in [0.2, 0.25) is 0 Å². The summed E-state index contributed by atoms with van der Waals surface area (Å²) in [6.45, 7) is 5.91. The zero-order valence-electron chi connectivity index (χ0n) is 16.8. The molecule has 0 amide bonds. The summed E-state index contributed by atoms with van der Waals surface area (Å²) in [5.74, 6) is 0.730. The maximum absolute atomic E-state index is 12.9. The van der Waals surface area contributed by atoms with Crippen molar-refractivity contribution < 1.29 is 13.2 Å². The van der Waals surface area contributed by atoms with Crippen molar-refractivity contribution in [3.05, 3.63) is 58.9 Å².